The van der Waals surface area contributed by atoms with E-state index in [1.54, 1.807) is 7.11 Å². The van der Waals surface area contributed by atoms with Crippen LogP contribution in [0.2, 0.25) is 0 Å². The third-order valence-electron chi connectivity index (χ3n) is 2.26. The Morgan fingerprint density at radius 1 is 1.47 bits per heavy atom. The Balaban J connectivity index is 2.37. The normalized spacial score (nSPS) is 10.1. The van der Waals surface area contributed by atoms with E-state index in [1.165, 1.54) is 0 Å². The molecule has 0 atom stereocenters. The Labute approximate surface area is 110 Å². The predicted molar refractivity (Wildman–Crippen MR) is 72.3 cm³/mol. The maximum atomic E-state index is 11.4. The molecule has 2 N–H and O–H groups in total. The maximum absolute atomic E-state index is 11.4. The van der Waals surface area contributed by atoms with Crippen molar-refractivity contribution in [3.8, 4) is 0 Å². The third-order valence-corrected chi connectivity index (χ3v) is 2.75. The van der Waals surface area contributed by atoms with Gasteiger partial charge in [0.2, 0.25) is 5.91 Å². The molecule has 0 aliphatic rings. The number of rotatable bonds is 6. The summed E-state index contributed by atoms with van der Waals surface area (Å²) >= 11 is 3.40. The van der Waals surface area contributed by atoms with Gasteiger partial charge in [0.25, 0.3) is 0 Å². The Kier molecular flexibility index (Phi) is 6.00. The highest BCUT2D eigenvalue weighted by atomic mass is 79.9. The van der Waals surface area contributed by atoms with Crippen LogP contribution in [0, 0.1) is 6.92 Å². The maximum Gasteiger partial charge on any atom is 0.239 e. The molecular formula is C12H17BrN2O2. The van der Waals surface area contributed by atoms with Gasteiger partial charge in [0.05, 0.1) is 13.2 Å². The molecule has 5 heteroatoms. The number of carbonyl (C=O) groups excluding carboxylic acids is 1. The van der Waals surface area contributed by atoms with Crippen molar-refractivity contribution in [3.63, 3.8) is 0 Å². The van der Waals surface area contributed by atoms with Crippen LogP contribution in [0.1, 0.15) is 5.56 Å². The number of nitrogens with one attached hydrogen (secondary N) is 2. The number of anilines is 1. The second-order valence-electron chi connectivity index (χ2n) is 3.66. The molecule has 0 saturated carbocycles. The van der Waals surface area contributed by atoms with Gasteiger partial charge in [0.15, 0.2) is 0 Å². The summed E-state index contributed by atoms with van der Waals surface area (Å²) in [6, 6.07) is 5.89. The Morgan fingerprint density at radius 2 is 2.24 bits per heavy atom. The van der Waals surface area contributed by atoms with Crippen molar-refractivity contribution in [2.75, 3.05) is 32.1 Å². The Hall–Kier alpha value is -1.07. The number of ether oxygens (including phenoxy) is 1. The molecule has 0 spiro atoms. The van der Waals surface area contributed by atoms with Crippen LogP contribution >= 0.6 is 15.9 Å². The average Bonchev–Trinajstić information content (AvgIpc) is 2.28. The summed E-state index contributed by atoms with van der Waals surface area (Å²) in [4.78, 5) is 11.4. The standard InChI is InChI=1S/C12H17BrN2O2/c1-9-7-10(13)3-4-11(9)15-8-12(16)14-5-6-17-2/h3-4,7,15H,5-6,8H2,1-2H3,(H,14,16). The van der Waals surface area contributed by atoms with E-state index in [1.807, 2.05) is 25.1 Å². The summed E-state index contributed by atoms with van der Waals surface area (Å²) in [6.07, 6.45) is 0. The van der Waals surface area contributed by atoms with Gasteiger partial charge in [-0.3, -0.25) is 4.79 Å². The molecule has 4 nitrogen and oxygen atoms in total. The number of carbonyl (C=O) groups is 1. The van der Waals surface area contributed by atoms with Crippen molar-refractivity contribution >= 4 is 27.5 Å². The first kappa shape index (κ1) is 14.0. The van der Waals surface area contributed by atoms with E-state index >= 15 is 0 Å². The Morgan fingerprint density at radius 3 is 2.88 bits per heavy atom. The lowest BCUT2D eigenvalue weighted by atomic mass is 10.2. The number of hydrogen-bond acceptors (Lipinski definition) is 3. The molecule has 1 aromatic rings. The number of hydrogen-bond donors (Lipinski definition) is 2. The minimum Gasteiger partial charge on any atom is -0.383 e. The summed E-state index contributed by atoms with van der Waals surface area (Å²) in [5.74, 6) is -0.0376. The summed E-state index contributed by atoms with van der Waals surface area (Å²) in [5, 5.41) is 5.84. The zero-order valence-electron chi connectivity index (χ0n) is 10.0. The molecule has 17 heavy (non-hydrogen) atoms. The molecule has 0 aliphatic carbocycles. The first-order valence-corrected chi connectivity index (χ1v) is 6.18. The molecule has 0 radical (unpaired) electrons. The Bertz CT molecular complexity index is 383. The van der Waals surface area contributed by atoms with Crippen molar-refractivity contribution in [1.29, 1.82) is 0 Å². The molecule has 0 aliphatic heterocycles. The van der Waals surface area contributed by atoms with E-state index in [0.717, 1.165) is 15.7 Å². The summed E-state index contributed by atoms with van der Waals surface area (Å²) in [5.41, 5.74) is 2.07. The summed E-state index contributed by atoms with van der Waals surface area (Å²) in [6.45, 7) is 3.33. The van der Waals surface area contributed by atoms with Crippen LogP contribution in [-0.2, 0) is 9.53 Å². The SMILES string of the molecule is COCCNC(=O)CNc1ccc(Br)cc1C. The number of methoxy groups -OCH3 is 1. The minimum absolute atomic E-state index is 0.0376. The van der Waals surface area contributed by atoms with E-state index < -0.39 is 0 Å². The lowest BCUT2D eigenvalue weighted by Crippen LogP contribution is -2.32. The van der Waals surface area contributed by atoms with Crippen LogP contribution < -0.4 is 10.6 Å². The van der Waals surface area contributed by atoms with Crippen LogP contribution in [0.15, 0.2) is 22.7 Å². The van der Waals surface area contributed by atoms with Crippen LogP contribution in [-0.4, -0.2) is 32.7 Å². The lowest BCUT2D eigenvalue weighted by molar-refractivity contribution is -0.119. The highest BCUT2D eigenvalue weighted by Gasteiger charge is 2.02. The first-order chi connectivity index (χ1) is 8.13. The molecule has 0 saturated heterocycles. The van der Waals surface area contributed by atoms with Crippen LogP contribution in [0.5, 0.6) is 0 Å². The van der Waals surface area contributed by atoms with Crippen molar-refractivity contribution < 1.29 is 9.53 Å². The fraction of sp³-hybridized carbons (Fsp3) is 0.417. The number of aryl methyl sites for hydroxylation is 1. The van der Waals surface area contributed by atoms with Gasteiger partial charge in [-0.2, -0.15) is 0 Å². The fourth-order valence-electron chi connectivity index (χ4n) is 1.36. The zero-order valence-corrected chi connectivity index (χ0v) is 11.6. The van der Waals surface area contributed by atoms with Gasteiger partial charge in [0.1, 0.15) is 0 Å². The van der Waals surface area contributed by atoms with Crippen LogP contribution in [0.25, 0.3) is 0 Å². The molecule has 0 unspecified atom stereocenters. The van der Waals surface area contributed by atoms with Crippen LogP contribution in [0.4, 0.5) is 5.69 Å². The second kappa shape index (κ2) is 7.29. The van der Waals surface area contributed by atoms with E-state index in [9.17, 15) is 4.79 Å². The number of amides is 1. The second-order valence-corrected chi connectivity index (χ2v) is 4.57. The largest absolute Gasteiger partial charge is 0.383 e. The minimum atomic E-state index is -0.0376. The third kappa shape index (κ3) is 5.19. The van der Waals surface area contributed by atoms with Gasteiger partial charge >= 0.3 is 0 Å². The first-order valence-electron chi connectivity index (χ1n) is 5.39. The van der Waals surface area contributed by atoms with Crippen molar-refractivity contribution in [1.82, 2.24) is 5.32 Å². The average molecular weight is 301 g/mol. The lowest BCUT2D eigenvalue weighted by Gasteiger charge is -2.10. The van der Waals surface area contributed by atoms with Crippen molar-refractivity contribution in [2.24, 2.45) is 0 Å². The van der Waals surface area contributed by atoms with Crippen molar-refractivity contribution in [3.05, 3.63) is 28.2 Å². The van der Waals surface area contributed by atoms with Gasteiger partial charge in [-0.05, 0) is 30.7 Å². The molecule has 1 amide bonds. The molecule has 1 aromatic carbocycles. The van der Waals surface area contributed by atoms with E-state index in [-0.39, 0.29) is 12.5 Å². The molecule has 0 fully saturated rings. The summed E-state index contributed by atoms with van der Waals surface area (Å²) in [7, 11) is 1.61. The predicted octanol–water partition coefficient (Wildman–Crippen LogP) is 1.93. The van der Waals surface area contributed by atoms with Gasteiger partial charge in [-0.15, -0.1) is 0 Å². The highest BCUT2D eigenvalue weighted by Crippen LogP contribution is 2.19. The van der Waals surface area contributed by atoms with E-state index in [4.69, 9.17) is 4.74 Å². The van der Waals surface area contributed by atoms with Crippen molar-refractivity contribution in [2.45, 2.75) is 6.92 Å². The van der Waals surface area contributed by atoms with Gasteiger partial charge in [-0.1, -0.05) is 15.9 Å². The highest BCUT2D eigenvalue weighted by molar-refractivity contribution is 9.10. The quantitative estimate of drug-likeness (QED) is 0.789. The van der Waals surface area contributed by atoms with Gasteiger partial charge in [-0.25, -0.2) is 0 Å². The fourth-order valence-corrected chi connectivity index (χ4v) is 1.83. The molecule has 0 aromatic heterocycles. The molecule has 94 valence electrons. The summed E-state index contributed by atoms with van der Waals surface area (Å²) < 4.78 is 5.88. The monoisotopic (exact) mass is 300 g/mol. The molecular weight excluding hydrogens is 284 g/mol. The smallest absolute Gasteiger partial charge is 0.239 e. The molecule has 0 heterocycles. The van der Waals surface area contributed by atoms with Gasteiger partial charge < -0.3 is 15.4 Å². The van der Waals surface area contributed by atoms with E-state index in [0.29, 0.717) is 13.2 Å². The van der Waals surface area contributed by atoms with E-state index in [2.05, 4.69) is 26.6 Å². The molecule has 1 rings (SSSR count). The zero-order chi connectivity index (χ0) is 12.7. The molecule has 0 bridgehead atoms. The van der Waals surface area contributed by atoms with Crippen LogP contribution in [0.3, 0.4) is 0 Å². The number of halogens is 1. The number of benzene rings is 1. The van der Waals surface area contributed by atoms with Gasteiger partial charge in [0, 0.05) is 23.8 Å². The topological polar surface area (TPSA) is 50.4 Å².